The largest absolute Gasteiger partial charge is 0.466 e. The zero-order valence-electron chi connectivity index (χ0n) is 13.0. The van der Waals surface area contributed by atoms with E-state index in [0.29, 0.717) is 36.3 Å². The van der Waals surface area contributed by atoms with Gasteiger partial charge in [-0.1, -0.05) is 29.3 Å². The molecule has 0 bridgehead atoms. The highest BCUT2D eigenvalue weighted by atomic mass is 35.5. The van der Waals surface area contributed by atoms with Crippen LogP contribution in [0.3, 0.4) is 0 Å². The van der Waals surface area contributed by atoms with Gasteiger partial charge in [0.2, 0.25) is 0 Å². The average molecular weight is 359 g/mol. The Hall–Kier alpha value is -1.46. The molecule has 126 valence electrons. The minimum atomic E-state index is -0.242. The molecule has 1 N–H and O–H groups in total. The quantitative estimate of drug-likeness (QED) is 0.838. The maximum Gasteiger partial charge on any atom is 0.317 e. The van der Waals surface area contributed by atoms with Crippen molar-refractivity contribution in [2.45, 2.75) is 26.3 Å². The maximum atomic E-state index is 12.3. The molecule has 1 heterocycles. The molecule has 1 aliphatic heterocycles. The van der Waals surface area contributed by atoms with Crippen LogP contribution in [0.2, 0.25) is 10.0 Å². The Labute approximate surface area is 145 Å². The third-order valence-corrected chi connectivity index (χ3v) is 4.36. The van der Waals surface area contributed by atoms with Gasteiger partial charge in [0.05, 0.1) is 12.5 Å². The van der Waals surface area contributed by atoms with Gasteiger partial charge in [-0.25, -0.2) is 4.79 Å². The van der Waals surface area contributed by atoms with E-state index in [1.54, 1.807) is 30.0 Å². The molecule has 1 unspecified atom stereocenters. The van der Waals surface area contributed by atoms with Crippen molar-refractivity contribution >= 4 is 35.2 Å². The molecule has 1 aromatic carbocycles. The van der Waals surface area contributed by atoms with Crippen molar-refractivity contribution in [1.82, 2.24) is 10.2 Å². The molecule has 5 nitrogen and oxygen atoms in total. The maximum absolute atomic E-state index is 12.3. The Bertz CT molecular complexity index is 580. The molecular formula is C16H20Cl2N2O3. The monoisotopic (exact) mass is 358 g/mol. The standard InChI is InChI=1S/C16H20Cl2N2O3/c1-2-23-15(21)12-4-3-7-20(10-12)16(22)19-9-11-5-6-13(17)8-14(11)18/h5-6,8,12H,2-4,7,9-10H2,1H3,(H,19,22). The van der Waals surface area contributed by atoms with Gasteiger partial charge in [-0.2, -0.15) is 0 Å². The normalized spacial score (nSPS) is 17.7. The fourth-order valence-electron chi connectivity index (χ4n) is 2.56. The highest BCUT2D eigenvalue weighted by Gasteiger charge is 2.29. The lowest BCUT2D eigenvalue weighted by molar-refractivity contribution is -0.149. The summed E-state index contributed by atoms with van der Waals surface area (Å²) in [7, 11) is 0. The number of carbonyl (C=O) groups excluding carboxylic acids is 2. The van der Waals surface area contributed by atoms with Gasteiger partial charge in [0.25, 0.3) is 0 Å². The number of nitrogens with one attached hydrogen (secondary N) is 1. The van der Waals surface area contributed by atoms with Crippen LogP contribution in [0.5, 0.6) is 0 Å². The lowest BCUT2D eigenvalue weighted by Crippen LogP contribution is -2.47. The number of carbonyl (C=O) groups is 2. The summed E-state index contributed by atoms with van der Waals surface area (Å²) in [5, 5.41) is 3.90. The molecule has 1 aromatic rings. The van der Waals surface area contributed by atoms with E-state index < -0.39 is 0 Å². The van der Waals surface area contributed by atoms with Crippen LogP contribution in [0, 0.1) is 5.92 Å². The molecule has 1 fully saturated rings. The van der Waals surface area contributed by atoms with Gasteiger partial charge in [0, 0.05) is 29.7 Å². The van der Waals surface area contributed by atoms with Crippen LogP contribution in [0.4, 0.5) is 4.79 Å². The van der Waals surface area contributed by atoms with Crippen LogP contribution in [0.25, 0.3) is 0 Å². The van der Waals surface area contributed by atoms with E-state index in [-0.39, 0.29) is 17.9 Å². The fraction of sp³-hybridized carbons (Fsp3) is 0.500. The molecule has 7 heteroatoms. The van der Waals surface area contributed by atoms with Crippen molar-refractivity contribution in [3.63, 3.8) is 0 Å². The first-order valence-electron chi connectivity index (χ1n) is 7.64. The van der Waals surface area contributed by atoms with E-state index >= 15 is 0 Å². The second kappa shape index (κ2) is 8.41. The van der Waals surface area contributed by atoms with Crippen LogP contribution in [0.1, 0.15) is 25.3 Å². The number of halogens is 2. The summed E-state index contributed by atoms with van der Waals surface area (Å²) in [4.78, 5) is 25.7. The lowest BCUT2D eigenvalue weighted by atomic mass is 9.98. The van der Waals surface area contributed by atoms with Crippen molar-refractivity contribution in [1.29, 1.82) is 0 Å². The van der Waals surface area contributed by atoms with E-state index in [4.69, 9.17) is 27.9 Å². The second-order valence-corrected chi connectivity index (χ2v) is 6.28. The summed E-state index contributed by atoms with van der Waals surface area (Å²) in [6.45, 7) is 3.47. The van der Waals surface area contributed by atoms with Crippen LogP contribution >= 0.6 is 23.2 Å². The van der Waals surface area contributed by atoms with E-state index in [1.165, 1.54) is 0 Å². The molecule has 1 saturated heterocycles. The first kappa shape index (κ1) is 17.9. The minimum Gasteiger partial charge on any atom is -0.466 e. The Balaban J connectivity index is 1.88. The summed E-state index contributed by atoms with van der Waals surface area (Å²) in [6.07, 6.45) is 1.55. The molecule has 1 aliphatic rings. The molecule has 2 rings (SSSR count). The van der Waals surface area contributed by atoms with Gasteiger partial charge in [-0.05, 0) is 37.5 Å². The van der Waals surface area contributed by atoms with Crippen molar-refractivity contribution < 1.29 is 14.3 Å². The molecular weight excluding hydrogens is 339 g/mol. The van der Waals surface area contributed by atoms with Gasteiger partial charge >= 0.3 is 12.0 Å². The number of hydrogen-bond acceptors (Lipinski definition) is 3. The number of esters is 1. The summed E-state index contributed by atoms with van der Waals surface area (Å²) in [5.74, 6) is -0.473. The topological polar surface area (TPSA) is 58.6 Å². The van der Waals surface area contributed by atoms with Crippen LogP contribution < -0.4 is 5.32 Å². The zero-order valence-corrected chi connectivity index (χ0v) is 14.5. The third-order valence-electron chi connectivity index (χ3n) is 3.77. The lowest BCUT2D eigenvalue weighted by Gasteiger charge is -2.31. The first-order valence-corrected chi connectivity index (χ1v) is 8.40. The highest BCUT2D eigenvalue weighted by Crippen LogP contribution is 2.21. The number of hydrogen-bond donors (Lipinski definition) is 1. The van der Waals surface area contributed by atoms with E-state index in [1.807, 2.05) is 0 Å². The Kier molecular flexibility index (Phi) is 6.54. The Morgan fingerprint density at radius 1 is 1.39 bits per heavy atom. The molecule has 0 aromatic heterocycles. The van der Waals surface area contributed by atoms with Crippen LogP contribution in [0.15, 0.2) is 18.2 Å². The number of likely N-dealkylation sites (tertiary alicyclic amines) is 1. The van der Waals surface area contributed by atoms with Crippen LogP contribution in [-0.2, 0) is 16.1 Å². The number of rotatable bonds is 4. The molecule has 0 radical (unpaired) electrons. The number of benzene rings is 1. The van der Waals surface area contributed by atoms with Gasteiger partial charge < -0.3 is 15.0 Å². The van der Waals surface area contributed by atoms with Gasteiger partial charge in [-0.3, -0.25) is 4.79 Å². The minimum absolute atomic E-state index is 0.204. The first-order chi connectivity index (χ1) is 11.0. The molecule has 1 atom stereocenters. The zero-order chi connectivity index (χ0) is 16.8. The molecule has 0 saturated carbocycles. The number of amides is 2. The summed E-state index contributed by atoms with van der Waals surface area (Å²) >= 11 is 11.9. The second-order valence-electron chi connectivity index (χ2n) is 5.43. The smallest absolute Gasteiger partial charge is 0.317 e. The Morgan fingerprint density at radius 3 is 2.87 bits per heavy atom. The number of urea groups is 1. The average Bonchev–Trinajstić information content (AvgIpc) is 2.54. The summed E-state index contributed by atoms with van der Waals surface area (Å²) < 4.78 is 5.04. The number of nitrogens with zero attached hydrogens (tertiary/aromatic N) is 1. The number of ether oxygens (including phenoxy) is 1. The Morgan fingerprint density at radius 2 is 2.17 bits per heavy atom. The van der Waals surface area contributed by atoms with Gasteiger partial charge in [-0.15, -0.1) is 0 Å². The van der Waals surface area contributed by atoms with E-state index in [9.17, 15) is 9.59 Å². The predicted molar refractivity (Wildman–Crippen MR) is 89.6 cm³/mol. The van der Waals surface area contributed by atoms with Crippen molar-refractivity contribution in [2.24, 2.45) is 5.92 Å². The predicted octanol–water partition coefficient (Wildman–Crippen LogP) is 3.48. The van der Waals surface area contributed by atoms with Gasteiger partial charge in [0.1, 0.15) is 0 Å². The number of piperidine rings is 1. The van der Waals surface area contributed by atoms with Crippen molar-refractivity contribution in [3.05, 3.63) is 33.8 Å². The van der Waals surface area contributed by atoms with Crippen LogP contribution in [-0.4, -0.2) is 36.6 Å². The molecule has 0 aliphatic carbocycles. The summed E-state index contributed by atoms with van der Waals surface area (Å²) in [5.41, 5.74) is 0.795. The highest BCUT2D eigenvalue weighted by molar-refractivity contribution is 6.35. The SMILES string of the molecule is CCOC(=O)C1CCCN(C(=O)NCc2ccc(Cl)cc2Cl)C1. The summed E-state index contributed by atoms with van der Waals surface area (Å²) in [6, 6.07) is 4.95. The van der Waals surface area contributed by atoms with E-state index in [0.717, 1.165) is 18.4 Å². The molecule has 0 spiro atoms. The van der Waals surface area contributed by atoms with Crippen molar-refractivity contribution in [3.8, 4) is 0 Å². The van der Waals surface area contributed by atoms with Crippen molar-refractivity contribution in [2.75, 3.05) is 19.7 Å². The van der Waals surface area contributed by atoms with E-state index in [2.05, 4.69) is 5.32 Å². The van der Waals surface area contributed by atoms with Gasteiger partial charge in [0.15, 0.2) is 0 Å². The third kappa shape index (κ3) is 5.01. The molecule has 2 amide bonds. The molecule has 23 heavy (non-hydrogen) atoms. The fourth-order valence-corrected chi connectivity index (χ4v) is 3.04.